The molecule has 2 aromatic heterocycles. The van der Waals surface area contributed by atoms with E-state index in [-0.39, 0.29) is 12.1 Å². The lowest BCUT2D eigenvalue weighted by molar-refractivity contribution is 0.245. The van der Waals surface area contributed by atoms with Crippen LogP contribution >= 0.6 is 11.5 Å². The van der Waals surface area contributed by atoms with Gasteiger partial charge in [0.1, 0.15) is 17.2 Å². The van der Waals surface area contributed by atoms with Crippen LogP contribution in [0.5, 0.6) is 0 Å². The second-order valence-electron chi connectivity index (χ2n) is 4.80. The van der Waals surface area contributed by atoms with Gasteiger partial charge in [0.05, 0.1) is 12.2 Å². The summed E-state index contributed by atoms with van der Waals surface area (Å²) in [7, 11) is 1.81. The van der Waals surface area contributed by atoms with Gasteiger partial charge < -0.3 is 5.32 Å². The molecular weight excluding hydrogens is 278 g/mol. The molecule has 0 aliphatic rings. The van der Waals surface area contributed by atoms with Crippen LogP contribution in [0.15, 0.2) is 12.5 Å². The second-order valence-corrected chi connectivity index (χ2v) is 5.59. The van der Waals surface area contributed by atoms with E-state index in [4.69, 9.17) is 0 Å². The number of carbonyl (C=O) groups is 1. The Morgan fingerprint density at radius 2 is 2.30 bits per heavy atom. The molecule has 0 radical (unpaired) electrons. The monoisotopic (exact) mass is 295 g/mol. The van der Waals surface area contributed by atoms with Crippen molar-refractivity contribution in [3.8, 4) is 0 Å². The number of aryl methyl sites for hydroxylation is 1. The van der Waals surface area contributed by atoms with Crippen molar-refractivity contribution >= 4 is 22.6 Å². The van der Waals surface area contributed by atoms with Crippen molar-refractivity contribution in [1.82, 2.24) is 29.7 Å². The van der Waals surface area contributed by atoms with Crippen LogP contribution in [0.4, 0.5) is 9.80 Å². The van der Waals surface area contributed by atoms with Gasteiger partial charge in [0.25, 0.3) is 0 Å². The lowest BCUT2D eigenvalue weighted by Crippen LogP contribution is -2.34. The van der Waals surface area contributed by atoms with Crippen LogP contribution < -0.4 is 10.6 Å². The summed E-state index contributed by atoms with van der Waals surface area (Å²) in [4.78, 5) is 16.2. The molecule has 2 aromatic rings. The highest BCUT2D eigenvalue weighted by atomic mass is 32.1. The van der Waals surface area contributed by atoms with Crippen LogP contribution in [0.3, 0.4) is 0 Å². The van der Waals surface area contributed by atoms with Crippen LogP contribution in [-0.4, -0.2) is 30.4 Å². The maximum Gasteiger partial charge on any atom is 0.320 e. The fourth-order valence-electron chi connectivity index (χ4n) is 1.85. The molecule has 0 unspecified atom stereocenters. The number of rotatable bonds is 5. The van der Waals surface area contributed by atoms with E-state index in [0.29, 0.717) is 10.9 Å². The van der Waals surface area contributed by atoms with E-state index >= 15 is 0 Å². The van der Waals surface area contributed by atoms with Crippen LogP contribution in [0.1, 0.15) is 32.1 Å². The molecule has 9 heteroatoms. The number of urea groups is 1. The molecule has 0 aromatic carbocycles. The van der Waals surface area contributed by atoms with Crippen molar-refractivity contribution in [3.63, 3.8) is 0 Å². The lowest BCUT2D eigenvalue weighted by atomic mass is 10.0. The van der Waals surface area contributed by atoms with Gasteiger partial charge in [-0.25, -0.2) is 9.78 Å². The third-order valence-corrected chi connectivity index (χ3v) is 3.25. The van der Waals surface area contributed by atoms with Gasteiger partial charge in [0, 0.05) is 18.6 Å². The van der Waals surface area contributed by atoms with Crippen molar-refractivity contribution in [2.75, 3.05) is 5.32 Å². The zero-order valence-corrected chi connectivity index (χ0v) is 12.4. The molecule has 0 aliphatic carbocycles. The Bertz CT molecular complexity index is 551. The number of carbonyl (C=O) groups excluding carboxylic acids is 1. The number of amides is 2. The van der Waals surface area contributed by atoms with Crippen molar-refractivity contribution < 1.29 is 4.79 Å². The Labute approximate surface area is 120 Å². The van der Waals surface area contributed by atoms with E-state index in [2.05, 4.69) is 44.2 Å². The fraction of sp³-hybridized carbons (Fsp3) is 0.545. The first-order chi connectivity index (χ1) is 9.56. The van der Waals surface area contributed by atoms with Gasteiger partial charge in [-0.3, -0.25) is 10.00 Å². The van der Waals surface area contributed by atoms with Gasteiger partial charge in [-0.05, 0) is 12.3 Å². The standard InChI is InChI=1S/C11H17N7OS/c1-7(2)4-8(10-12-6-14-18(10)3)15-11(19)16-9-5-13-17-20-9/h5-8H,4H2,1-3H3,(H2,15,16,19)/t8-/m1/s1. The van der Waals surface area contributed by atoms with Crippen LogP contribution in [0.25, 0.3) is 0 Å². The van der Waals surface area contributed by atoms with Gasteiger partial charge in [-0.2, -0.15) is 5.10 Å². The molecule has 8 nitrogen and oxygen atoms in total. The van der Waals surface area contributed by atoms with E-state index in [9.17, 15) is 4.79 Å². The summed E-state index contributed by atoms with van der Waals surface area (Å²) < 4.78 is 5.36. The Kier molecular flexibility index (Phi) is 4.61. The third kappa shape index (κ3) is 3.73. The quantitative estimate of drug-likeness (QED) is 0.872. The molecule has 2 N–H and O–H groups in total. The highest BCUT2D eigenvalue weighted by Crippen LogP contribution is 2.19. The molecule has 2 amide bonds. The van der Waals surface area contributed by atoms with E-state index in [1.165, 1.54) is 12.5 Å². The molecule has 2 rings (SSSR count). The van der Waals surface area contributed by atoms with Crippen molar-refractivity contribution in [2.24, 2.45) is 13.0 Å². The maximum absolute atomic E-state index is 12.0. The summed E-state index contributed by atoms with van der Waals surface area (Å²) in [5.74, 6) is 1.15. The molecule has 108 valence electrons. The fourth-order valence-corrected chi connectivity index (χ4v) is 2.26. The SMILES string of the molecule is CC(C)C[C@@H](NC(=O)Nc1cnns1)c1ncnn1C. The highest BCUT2D eigenvalue weighted by molar-refractivity contribution is 7.10. The zero-order valence-electron chi connectivity index (χ0n) is 11.6. The van der Waals surface area contributed by atoms with Crippen LogP contribution in [0.2, 0.25) is 0 Å². The van der Waals surface area contributed by atoms with Crippen LogP contribution in [-0.2, 0) is 7.05 Å². The summed E-state index contributed by atoms with van der Waals surface area (Å²) in [6.07, 6.45) is 3.76. The van der Waals surface area contributed by atoms with Crippen LogP contribution in [0, 0.1) is 5.92 Å². The Morgan fingerprint density at radius 1 is 1.50 bits per heavy atom. The number of nitrogens with one attached hydrogen (secondary N) is 2. The minimum Gasteiger partial charge on any atom is -0.328 e. The molecule has 0 saturated carbocycles. The highest BCUT2D eigenvalue weighted by Gasteiger charge is 2.20. The molecule has 20 heavy (non-hydrogen) atoms. The van der Waals surface area contributed by atoms with Crippen molar-refractivity contribution in [3.05, 3.63) is 18.3 Å². The molecular formula is C11H17N7OS. The summed E-state index contributed by atoms with van der Waals surface area (Å²) >= 11 is 1.13. The van der Waals surface area contributed by atoms with E-state index < -0.39 is 0 Å². The molecule has 0 aliphatic heterocycles. The molecule has 0 fully saturated rings. The first kappa shape index (κ1) is 14.4. The number of hydrogen-bond donors (Lipinski definition) is 2. The first-order valence-electron chi connectivity index (χ1n) is 6.25. The molecule has 1 atom stereocenters. The predicted octanol–water partition coefficient (Wildman–Crippen LogP) is 1.58. The van der Waals surface area contributed by atoms with Gasteiger partial charge in [-0.1, -0.05) is 18.3 Å². The van der Waals surface area contributed by atoms with E-state index in [0.717, 1.165) is 23.8 Å². The summed E-state index contributed by atoms with van der Waals surface area (Å²) in [5, 5.41) is 13.9. The maximum atomic E-state index is 12.0. The number of aromatic nitrogens is 5. The van der Waals surface area contributed by atoms with E-state index in [1.54, 1.807) is 4.68 Å². The van der Waals surface area contributed by atoms with Crippen molar-refractivity contribution in [2.45, 2.75) is 26.3 Å². The average molecular weight is 295 g/mol. The zero-order chi connectivity index (χ0) is 14.5. The third-order valence-electron chi connectivity index (χ3n) is 2.67. The molecule has 0 bridgehead atoms. The van der Waals surface area contributed by atoms with Gasteiger partial charge >= 0.3 is 6.03 Å². The summed E-state index contributed by atoms with van der Waals surface area (Å²) in [6.45, 7) is 4.19. The Hall–Kier alpha value is -2.03. The van der Waals surface area contributed by atoms with Crippen molar-refractivity contribution in [1.29, 1.82) is 0 Å². The Balaban J connectivity index is 2.04. The smallest absolute Gasteiger partial charge is 0.320 e. The number of anilines is 1. The molecule has 0 saturated heterocycles. The normalized spacial score (nSPS) is 12.4. The number of hydrogen-bond acceptors (Lipinski definition) is 6. The average Bonchev–Trinajstić information content (AvgIpc) is 2.99. The predicted molar refractivity (Wildman–Crippen MR) is 75.3 cm³/mol. The molecule has 0 spiro atoms. The topological polar surface area (TPSA) is 97.6 Å². The minimum atomic E-state index is -0.301. The minimum absolute atomic E-state index is 0.191. The lowest BCUT2D eigenvalue weighted by Gasteiger charge is -2.19. The van der Waals surface area contributed by atoms with E-state index in [1.807, 2.05) is 7.05 Å². The largest absolute Gasteiger partial charge is 0.328 e. The number of nitrogens with zero attached hydrogens (tertiary/aromatic N) is 5. The first-order valence-corrected chi connectivity index (χ1v) is 7.02. The Morgan fingerprint density at radius 3 is 2.85 bits per heavy atom. The second kappa shape index (κ2) is 6.42. The summed E-state index contributed by atoms with van der Waals surface area (Å²) in [6, 6.07) is -0.493. The summed E-state index contributed by atoms with van der Waals surface area (Å²) in [5.41, 5.74) is 0. The van der Waals surface area contributed by atoms with Gasteiger partial charge in [-0.15, -0.1) is 5.10 Å². The van der Waals surface area contributed by atoms with Gasteiger partial charge in [0.15, 0.2) is 0 Å². The van der Waals surface area contributed by atoms with Gasteiger partial charge in [0.2, 0.25) is 0 Å². The molecule has 2 heterocycles.